The van der Waals surface area contributed by atoms with E-state index in [0.29, 0.717) is 17.5 Å². The van der Waals surface area contributed by atoms with Crippen LogP contribution in [0, 0.1) is 0 Å². The zero-order valence-electron chi connectivity index (χ0n) is 33.9. The minimum atomic E-state index is 0.652. The molecule has 0 amide bonds. The molecule has 0 saturated carbocycles. The van der Waals surface area contributed by atoms with Gasteiger partial charge in [0.25, 0.3) is 0 Å². The lowest BCUT2D eigenvalue weighted by molar-refractivity contribution is 1.07. The van der Waals surface area contributed by atoms with Crippen molar-refractivity contribution in [1.29, 1.82) is 0 Å². The first kappa shape index (κ1) is 35.6. The van der Waals surface area contributed by atoms with Crippen LogP contribution in [0.1, 0.15) is 0 Å². The maximum Gasteiger partial charge on any atom is 0.164 e. The SMILES string of the molecule is c1ccc(-c2nc(-c3ccccc3)nc(-c3ccc4sc5c(-n6c7ccccc7c7cc(-c8ccc9c(c8)c8ccccc8n9-c8ccccc8)ccc76)cccc5c4c3)n2)cc1. The zero-order valence-corrected chi connectivity index (χ0v) is 34.7. The summed E-state index contributed by atoms with van der Waals surface area (Å²) in [5.41, 5.74) is 12.4. The summed E-state index contributed by atoms with van der Waals surface area (Å²) in [7, 11) is 0. The van der Waals surface area contributed by atoms with Crippen molar-refractivity contribution in [2.24, 2.45) is 0 Å². The van der Waals surface area contributed by atoms with Gasteiger partial charge >= 0.3 is 0 Å². The summed E-state index contributed by atoms with van der Waals surface area (Å²) >= 11 is 1.83. The van der Waals surface area contributed by atoms with Gasteiger partial charge in [-0.3, -0.25) is 0 Å². The number of fused-ring (bicyclic) bond motifs is 9. The topological polar surface area (TPSA) is 48.5 Å². The Morgan fingerprint density at radius 1 is 0.302 bits per heavy atom. The highest BCUT2D eigenvalue weighted by Gasteiger charge is 2.20. The largest absolute Gasteiger partial charge is 0.309 e. The highest BCUT2D eigenvalue weighted by molar-refractivity contribution is 7.26. The average molecular weight is 822 g/mol. The second-order valence-corrected chi connectivity index (χ2v) is 17.1. The lowest BCUT2D eigenvalue weighted by Crippen LogP contribution is -2.00. The summed E-state index contributed by atoms with van der Waals surface area (Å²) in [5, 5.41) is 7.35. The molecule has 0 fully saturated rings. The third-order valence-electron chi connectivity index (χ3n) is 12.4. The van der Waals surface area contributed by atoms with Crippen molar-refractivity contribution in [3.63, 3.8) is 0 Å². The fraction of sp³-hybridized carbons (Fsp3) is 0. The second-order valence-electron chi connectivity index (χ2n) is 16.0. The molecule has 0 aliphatic carbocycles. The molecule has 13 aromatic rings. The van der Waals surface area contributed by atoms with Gasteiger partial charge in [-0.25, -0.2) is 15.0 Å². The Labute approximate surface area is 366 Å². The van der Waals surface area contributed by atoms with E-state index in [2.05, 4.69) is 161 Å². The lowest BCUT2D eigenvalue weighted by Gasteiger charge is -2.10. The molecule has 294 valence electrons. The van der Waals surface area contributed by atoms with Crippen LogP contribution in [-0.4, -0.2) is 24.1 Å². The molecule has 0 saturated heterocycles. The molecule has 4 heterocycles. The highest BCUT2D eigenvalue weighted by Crippen LogP contribution is 2.43. The summed E-state index contributed by atoms with van der Waals surface area (Å²) in [6.07, 6.45) is 0. The molecule has 9 aromatic carbocycles. The molecule has 0 unspecified atom stereocenters. The molecule has 0 radical (unpaired) electrons. The van der Waals surface area contributed by atoms with E-state index in [0.717, 1.165) is 22.4 Å². The van der Waals surface area contributed by atoms with Gasteiger partial charge in [0.05, 0.1) is 32.5 Å². The number of para-hydroxylation sites is 3. The highest BCUT2D eigenvalue weighted by atomic mass is 32.1. The summed E-state index contributed by atoms with van der Waals surface area (Å²) in [6, 6.07) is 75.7. The summed E-state index contributed by atoms with van der Waals surface area (Å²) in [4.78, 5) is 15.0. The summed E-state index contributed by atoms with van der Waals surface area (Å²) < 4.78 is 7.28. The number of aromatic nitrogens is 5. The minimum absolute atomic E-state index is 0.652. The van der Waals surface area contributed by atoms with Crippen molar-refractivity contribution < 1.29 is 0 Å². The van der Waals surface area contributed by atoms with Gasteiger partial charge in [0.1, 0.15) is 0 Å². The predicted octanol–water partition coefficient (Wildman–Crippen LogP) is 15.1. The van der Waals surface area contributed by atoms with Crippen LogP contribution < -0.4 is 0 Å². The van der Waals surface area contributed by atoms with Gasteiger partial charge in [-0.05, 0) is 83.9 Å². The van der Waals surface area contributed by atoms with E-state index >= 15 is 0 Å². The maximum absolute atomic E-state index is 5.04. The number of benzene rings is 9. The van der Waals surface area contributed by atoms with E-state index in [1.165, 1.54) is 80.6 Å². The molecule has 4 aromatic heterocycles. The van der Waals surface area contributed by atoms with Crippen molar-refractivity contribution in [3.8, 4) is 56.7 Å². The quantitative estimate of drug-likeness (QED) is 0.168. The monoisotopic (exact) mass is 821 g/mol. The molecule has 0 spiro atoms. The van der Waals surface area contributed by atoms with Gasteiger partial charge in [0, 0.05) is 59.4 Å². The lowest BCUT2D eigenvalue weighted by atomic mass is 10.0. The second kappa shape index (κ2) is 14.2. The van der Waals surface area contributed by atoms with Crippen LogP contribution in [0.2, 0.25) is 0 Å². The van der Waals surface area contributed by atoms with Crippen molar-refractivity contribution in [3.05, 3.63) is 212 Å². The Morgan fingerprint density at radius 3 is 1.38 bits per heavy atom. The van der Waals surface area contributed by atoms with Gasteiger partial charge in [-0.2, -0.15) is 0 Å². The Bertz CT molecular complexity index is 3850. The molecule has 5 nitrogen and oxygen atoms in total. The first-order valence-electron chi connectivity index (χ1n) is 21.2. The van der Waals surface area contributed by atoms with Gasteiger partial charge < -0.3 is 9.13 Å². The van der Waals surface area contributed by atoms with Gasteiger partial charge in [-0.1, -0.05) is 140 Å². The minimum Gasteiger partial charge on any atom is -0.309 e. The molecular weight excluding hydrogens is 787 g/mol. The van der Waals surface area contributed by atoms with Gasteiger partial charge in [0.2, 0.25) is 0 Å². The van der Waals surface area contributed by atoms with E-state index in [9.17, 15) is 0 Å². The molecule has 13 rings (SSSR count). The Balaban J connectivity index is 0.948. The first-order chi connectivity index (χ1) is 31.2. The Morgan fingerprint density at radius 2 is 0.762 bits per heavy atom. The normalized spacial score (nSPS) is 11.8. The van der Waals surface area contributed by atoms with Crippen LogP contribution in [-0.2, 0) is 0 Å². The van der Waals surface area contributed by atoms with Crippen molar-refractivity contribution in [2.45, 2.75) is 0 Å². The zero-order chi connectivity index (χ0) is 41.4. The van der Waals surface area contributed by atoms with Crippen molar-refractivity contribution >= 4 is 75.1 Å². The number of rotatable bonds is 6. The van der Waals surface area contributed by atoms with Gasteiger partial charge in [-0.15, -0.1) is 11.3 Å². The number of nitrogens with zero attached hydrogens (tertiary/aromatic N) is 5. The first-order valence-corrected chi connectivity index (χ1v) is 22.0. The third-order valence-corrected chi connectivity index (χ3v) is 13.6. The molecule has 0 aliphatic rings. The number of thiophene rings is 1. The fourth-order valence-corrected chi connectivity index (χ4v) is 10.6. The molecule has 0 atom stereocenters. The average Bonchev–Trinajstić information content (AvgIpc) is 4.02. The summed E-state index contributed by atoms with van der Waals surface area (Å²) in [6.45, 7) is 0. The standard InChI is InChI=1S/C57H35N5S/c1-4-15-36(16-5-1)55-58-56(37-17-6-2-7-18-37)60-57(59-55)40-29-32-53-47(35-40)44-23-14-26-52(54(44)63-53)62-49-25-13-11-22-43(49)46-34-39(28-31-51(46)62)38-27-30-50-45(33-38)42-21-10-12-24-48(42)61(50)41-19-8-3-9-20-41/h1-35H. The Kier molecular flexibility index (Phi) is 8.01. The number of hydrogen-bond donors (Lipinski definition) is 0. The van der Waals surface area contributed by atoms with Crippen LogP contribution in [0.15, 0.2) is 212 Å². The van der Waals surface area contributed by atoms with E-state index in [4.69, 9.17) is 15.0 Å². The van der Waals surface area contributed by atoms with Crippen LogP contribution in [0.3, 0.4) is 0 Å². The maximum atomic E-state index is 5.04. The van der Waals surface area contributed by atoms with Crippen LogP contribution in [0.5, 0.6) is 0 Å². The Hall–Kier alpha value is -8.19. The molecule has 63 heavy (non-hydrogen) atoms. The van der Waals surface area contributed by atoms with E-state index in [1.807, 2.05) is 72.0 Å². The van der Waals surface area contributed by atoms with Crippen LogP contribution >= 0.6 is 11.3 Å². The fourth-order valence-electron chi connectivity index (χ4n) is 9.46. The summed E-state index contributed by atoms with van der Waals surface area (Å²) in [5.74, 6) is 1.96. The van der Waals surface area contributed by atoms with E-state index in [-0.39, 0.29) is 0 Å². The molecule has 0 bridgehead atoms. The van der Waals surface area contributed by atoms with Crippen LogP contribution in [0.4, 0.5) is 0 Å². The van der Waals surface area contributed by atoms with Gasteiger partial charge in [0.15, 0.2) is 17.5 Å². The van der Waals surface area contributed by atoms with Crippen molar-refractivity contribution in [1.82, 2.24) is 24.1 Å². The molecular formula is C57H35N5S. The van der Waals surface area contributed by atoms with Crippen molar-refractivity contribution in [2.75, 3.05) is 0 Å². The number of hydrogen-bond acceptors (Lipinski definition) is 4. The van der Waals surface area contributed by atoms with E-state index < -0.39 is 0 Å². The van der Waals surface area contributed by atoms with E-state index in [1.54, 1.807) is 0 Å². The molecule has 6 heteroatoms. The predicted molar refractivity (Wildman–Crippen MR) is 263 cm³/mol. The molecule has 0 aliphatic heterocycles. The third kappa shape index (κ3) is 5.73. The molecule has 0 N–H and O–H groups in total. The van der Waals surface area contributed by atoms with Crippen LogP contribution in [0.25, 0.3) is 120 Å². The smallest absolute Gasteiger partial charge is 0.164 e.